The molecule has 4 heteroatoms. The molecule has 2 N–H and O–H groups in total. The largest absolute Gasteiger partial charge is 0.350 e. The van der Waals surface area contributed by atoms with E-state index in [1.807, 2.05) is 25.1 Å². The predicted octanol–water partition coefficient (Wildman–Crippen LogP) is 2.63. The zero-order valence-electron chi connectivity index (χ0n) is 10.6. The van der Waals surface area contributed by atoms with Crippen LogP contribution in [0.15, 0.2) is 22.7 Å². The van der Waals surface area contributed by atoms with Gasteiger partial charge in [-0.1, -0.05) is 18.6 Å². The summed E-state index contributed by atoms with van der Waals surface area (Å²) in [7, 11) is 0. The van der Waals surface area contributed by atoms with E-state index >= 15 is 0 Å². The van der Waals surface area contributed by atoms with E-state index in [0.717, 1.165) is 23.0 Å². The second-order valence-corrected chi connectivity index (χ2v) is 5.59. The highest BCUT2D eigenvalue weighted by atomic mass is 79.9. The maximum Gasteiger partial charge on any atom is 0.252 e. The van der Waals surface area contributed by atoms with E-state index in [9.17, 15) is 4.79 Å². The smallest absolute Gasteiger partial charge is 0.252 e. The molecule has 1 aromatic carbocycles. The Hall–Kier alpha value is -0.870. The Morgan fingerprint density at radius 2 is 2.33 bits per heavy atom. The zero-order chi connectivity index (χ0) is 13.0. The fraction of sp³-hybridized carbons (Fsp3) is 0.500. The second kappa shape index (κ2) is 6.34. The van der Waals surface area contributed by atoms with Crippen LogP contribution in [0.4, 0.5) is 0 Å². The third-order valence-electron chi connectivity index (χ3n) is 3.36. The number of hydrogen-bond donors (Lipinski definition) is 2. The van der Waals surface area contributed by atoms with Crippen LogP contribution in [0.1, 0.15) is 35.2 Å². The molecule has 3 nitrogen and oxygen atoms in total. The van der Waals surface area contributed by atoms with Crippen LogP contribution in [0.2, 0.25) is 0 Å². The quantitative estimate of drug-likeness (QED) is 0.901. The molecule has 0 aliphatic carbocycles. The lowest BCUT2D eigenvalue weighted by atomic mass is 10.0. The normalized spacial score (nSPS) is 19.6. The molecular weight excluding hydrogens is 292 g/mol. The Kier molecular flexibility index (Phi) is 4.78. The van der Waals surface area contributed by atoms with Crippen molar-refractivity contribution < 1.29 is 4.79 Å². The minimum absolute atomic E-state index is 0.00190. The van der Waals surface area contributed by atoms with Gasteiger partial charge in [0.05, 0.1) is 5.56 Å². The van der Waals surface area contributed by atoms with Crippen LogP contribution in [0.5, 0.6) is 0 Å². The number of rotatable bonds is 3. The molecule has 1 unspecified atom stereocenters. The van der Waals surface area contributed by atoms with E-state index in [1.54, 1.807) is 0 Å². The van der Waals surface area contributed by atoms with Crippen LogP contribution >= 0.6 is 15.9 Å². The van der Waals surface area contributed by atoms with Gasteiger partial charge < -0.3 is 10.6 Å². The molecule has 1 aliphatic heterocycles. The van der Waals surface area contributed by atoms with E-state index in [1.165, 1.54) is 12.8 Å². The minimum atomic E-state index is -0.00190. The summed E-state index contributed by atoms with van der Waals surface area (Å²) in [5.74, 6) is -0.00190. The second-order valence-electron chi connectivity index (χ2n) is 4.79. The first-order valence-corrected chi connectivity index (χ1v) is 7.24. The molecule has 1 aromatic rings. The molecule has 0 radical (unpaired) electrons. The number of amides is 1. The maximum atomic E-state index is 12.1. The third-order valence-corrected chi connectivity index (χ3v) is 4.41. The van der Waals surface area contributed by atoms with Crippen molar-refractivity contribution in [2.45, 2.75) is 32.2 Å². The first-order chi connectivity index (χ1) is 8.68. The summed E-state index contributed by atoms with van der Waals surface area (Å²) in [5.41, 5.74) is 1.80. The Labute approximate surface area is 116 Å². The van der Waals surface area contributed by atoms with Crippen LogP contribution in [-0.2, 0) is 0 Å². The van der Waals surface area contributed by atoms with Crippen LogP contribution < -0.4 is 10.6 Å². The monoisotopic (exact) mass is 310 g/mol. The Morgan fingerprint density at radius 1 is 1.50 bits per heavy atom. The summed E-state index contributed by atoms with van der Waals surface area (Å²) < 4.78 is 0.888. The van der Waals surface area contributed by atoms with Gasteiger partial charge in [-0.15, -0.1) is 0 Å². The van der Waals surface area contributed by atoms with Gasteiger partial charge in [-0.3, -0.25) is 4.79 Å². The van der Waals surface area contributed by atoms with Crippen molar-refractivity contribution in [2.24, 2.45) is 0 Å². The molecule has 98 valence electrons. The molecular formula is C14H19BrN2O. The number of nitrogens with one attached hydrogen (secondary N) is 2. The maximum absolute atomic E-state index is 12.1. The van der Waals surface area contributed by atoms with Gasteiger partial charge in [0, 0.05) is 17.1 Å². The van der Waals surface area contributed by atoms with Crippen LogP contribution in [-0.4, -0.2) is 25.0 Å². The van der Waals surface area contributed by atoms with E-state index in [4.69, 9.17) is 0 Å². The number of aryl methyl sites for hydroxylation is 1. The molecule has 0 bridgehead atoms. The van der Waals surface area contributed by atoms with Crippen molar-refractivity contribution >= 4 is 21.8 Å². The Morgan fingerprint density at radius 3 is 3.06 bits per heavy atom. The molecule has 1 amide bonds. The van der Waals surface area contributed by atoms with Gasteiger partial charge in [-0.05, 0) is 53.9 Å². The summed E-state index contributed by atoms with van der Waals surface area (Å²) in [5, 5.41) is 6.43. The third kappa shape index (κ3) is 3.33. The van der Waals surface area contributed by atoms with E-state index in [0.29, 0.717) is 18.2 Å². The van der Waals surface area contributed by atoms with Crippen LogP contribution in [0.25, 0.3) is 0 Å². The topological polar surface area (TPSA) is 41.1 Å². The minimum Gasteiger partial charge on any atom is -0.350 e. The molecule has 1 aliphatic rings. The fourth-order valence-electron chi connectivity index (χ4n) is 2.23. The Balaban J connectivity index is 1.93. The Bertz CT molecular complexity index is 428. The summed E-state index contributed by atoms with van der Waals surface area (Å²) in [4.78, 5) is 12.1. The van der Waals surface area contributed by atoms with Gasteiger partial charge in [-0.25, -0.2) is 0 Å². The SMILES string of the molecule is Cc1cccc(C(=O)NCC2CCCCN2)c1Br. The van der Waals surface area contributed by atoms with Gasteiger partial charge in [0.15, 0.2) is 0 Å². The van der Waals surface area contributed by atoms with Crippen molar-refractivity contribution in [3.8, 4) is 0 Å². The first kappa shape index (κ1) is 13.6. The van der Waals surface area contributed by atoms with Gasteiger partial charge in [-0.2, -0.15) is 0 Å². The molecule has 18 heavy (non-hydrogen) atoms. The number of halogens is 1. The molecule has 0 spiro atoms. The van der Waals surface area contributed by atoms with Crippen LogP contribution in [0.3, 0.4) is 0 Å². The van der Waals surface area contributed by atoms with E-state index in [2.05, 4.69) is 26.6 Å². The lowest BCUT2D eigenvalue weighted by Gasteiger charge is -2.23. The van der Waals surface area contributed by atoms with Crippen molar-refractivity contribution in [1.29, 1.82) is 0 Å². The van der Waals surface area contributed by atoms with Gasteiger partial charge >= 0.3 is 0 Å². The molecule has 2 rings (SSSR count). The number of piperidine rings is 1. The molecule has 1 saturated heterocycles. The zero-order valence-corrected chi connectivity index (χ0v) is 12.2. The highest BCUT2D eigenvalue weighted by molar-refractivity contribution is 9.10. The summed E-state index contributed by atoms with van der Waals surface area (Å²) in [6.07, 6.45) is 3.64. The van der Waals surface area contributed by atoms with Crippen molar-refractivity contribution in [3.05, 3.63) is 33.8 Å². The average Bonchev–Trinajstić information content (AvgIpc) is 2.40. The summed E-state index contributed by atoms with van der Waals surface area (Å²) in [6, 6.07) is 6.17. The highest BCUT2D eigenvalue weighted by Gasteiger charge is 2.15. The number of carbonyl (C=O) groups excluding carboxylic acids is 1. The standard InChI is InChI=1S/C14H19BrN2O/c1-10-5-4-7-12(13(10)15)14(18)17-9-11-6-2-3-8-16-11/h4-5,7,11,16H,2-3,6,8-9H2,1H3,(H,17,18). The molecule has 1 heterocycles. The first-order valence-electron chi connectivity index (χ1n) is 6.45. The van der Waals surface area contributed by atoms with Crippen molar-refractivity contribution in [1.82, 2.24) is 10.6 Å². The number of carbonyl (C=O) groups is 1. The van der Waals surface area contributed by atoms with E-state index < -0.39 is 0 Å². The van der Waals surface area contributed by atoms with Gasteiger partial charge in [0.2, 0.25) is 0 Å². The highest BCUT2D eigenvalue weighted by Crippen LogP contribution is 2.20. The van der Waals surface area contributed by atoms with Crippen LogP contribution in [0, 0.1) is 6.92 Å². The molecule has 1 fully saturated rings. The lowest BCUT2D eigenvalue weighted by Crippen LogP contribution is -2.43. The predicted molar refractivity (Wildman–Crippen MR) is 76.9 cm³/mol. The average molecular weight is 311 g/mol. The molecule has 0 saturated carbocycles. The van der Waals surface area contributed by atoms with Gasteiger partial charge in [0.1, 0.15) is 0 Å². The fourth-order valence-corrected chi connectivity index (χ4v) is 2.68. The van der Waals surface area contributed by atoms with Gasteiger partial charge in [0.25, 0.3) is 5.91 Å². The summed E-state index contributed by atoms with van der Waals surface area (Å²) >= 11 is 3.47. The number of hydrogen-bond acceptors (Lipinski definition) is 2. The van der Waals surface area contributed by atoms with Crippen molar-refractivity contribution in [3.63, 3.8) is 0 Å². The van der Waals surface area contributed by atoms with E-state index in [-0.39, 0.29) is 5.91 Å². The van der Waals surface area contributed by atoms with Crippen molar-refractivity contribution in [2.75, 3.05) is 13.1 Å². The molecule has 0 aromatic heterocycles. The molecule has 1 atom stereocenters. The number of benzene rings is 1. The lowest BCUT2D eigenvalue weighted by molar-refractivity contribution is 0.0947. The summed E-state index contributed by atoms with van der Waals surface area (Å²) in [6.45, 7) is 3.76.